The van der Waals surface area contributed by atoms with E-state index in [2.05, 4.69) is 20.3 Å². The molecule has 0 aliphatic carbocycles. The molecule has 9 heteroatoms. The van der Waals surface area contributed by atoms with Crippen molar-refractivity contribution in [2.45, 2.75) is 12.6 Å². The van der Waals surface area contributed by atoms with Crippen LogP contribution >= 0.6 is 11.3 Å². The zero-order chi connectivity index (χ0) is 23.1. The van der Waals surface area contributed by atoms with Crippen LogP contribution in [0.1, 0.15) is 17.4 Å². The first-order valence-electron chi connectivity index (χ1n) is 10.8. The van der Waals surface area contributed by atoms with Gasteiger partial charge in [0.2, 0.25) is 0 Å². The number of fused-ring (bicyclic) bond motifs is 4. The lowest BCUT2D eigenvalue weighted by molar-refractivity contribution is 0.0957. The lowest BCUT2D eigenvalue weighted by Crippen LogP contribution is -2.04. The Bertz CT molecular complexity index is 1630. The molecule has 3 N–H and O–H groups in total. The zero-order valence-corrected chi connectivity index (χ0v) is 18.8. The van der Waals surface area contributed by atoms with E-state index in [1.807, 2.05) is 65.3 Å². The van der Waals surface area contributed by atoms with Gasteiger partial charge in [-0.1, -0.05) is 30.3 Å². The van der Waals surface area contributed by atoms with Crippen molar-refractivity contribution >= 4 is 54.2 Å². The first kappa shape index (κ1) is 20.7. The molecule has 0 saturated heterocycles. The van der Waals surface area contributed by atoms with E-state index in [1.54, 1.807) is 6.20 Å². The first-order chi connectivity index (χ1) is 16.7. The van der Waals surface area contributed by atoms with Crippen molar-refractivity contribution in [1.82, 2.24) is 24.7 Å². The van der Waals surface area contributed by atoms with Gasteiger partial charge in [0.05, 0.1) is 29.7 Å². The largest absolute Gasteiger partial charge is 0.393 e. The summed E-state index contributed by atoms with van der Waals surface area (Å²) in [6, 6.07) is 19.6. The summed E-state index contributed by atoms with van der Waals surface area (Å²) in [5, 5.41) is 30.5. The van der Waals surface area contributed by atoms with Crippen LogP contribution in [-0.4, -0.2) is 41.6 Å². The molecule has 0 aliphatic heterocycles. The maximum atomic E-state index is 10.0. The van der Waals surface area contributed by atoms with E-state index in [0.29, 0.717) is 23.7 Å². The van der Waals surface area contributed by atoms with E-state index in [1.165, 1.54) is 17.7 Å². The van der Waals surface area contributed by atoms with Crippen molar-refractivity contribution < 1.29 is 10.2 Å². The summed E-state index contributed by atoms with van der Waals surface area (Å²) in [5.41, 5.74) is 2.60. The van der Waals surface area contributed by atoms with Crippen molar-refractivity contribution in [1.29, 1.82) is 0 Å². The average molecular weight is 469 g/mol. The molecule has 4 aromatic heterocycles. The standard InChI is InChI=1S/C25H20N6O2S/c32-13-20(33)15-8-9-18-21(11-15)34-25-22(18)24(27-14-28-25)29-23-17-6-1-2-7-19(17)31(30-23)12-16-5-3-4-10-26-16/h1-11,14,20,32-33H,12-13H2,(H,27,28,29,30). The minimum atomic E-state index is -0.910. The molecular formula is C25H20N6O2S. The molecule has 168 valence electrons. The minimum Gasteiger partial charge on any atom is -0.393 e. The first-order valence-corrected chi connectivity index (χ1v) is 11.6. The Balaban J connectivity index is 1.44. The second-order valence-electron chi connectivity index (χ2n) is 7.93. The van der Waals surface area contributed by atoms with Crippen LogP contribution in [0.15, 0.2) is 73.2 Å². The molecule has 2 aromatic carbocycles. The summed E-state index contributed by atoms with van der Waals surface area (Å²) in [5.74, 6) is 1.37. The average Bonchev–Trinajstić information content (AvgIpc) is 3.42. The van der Waals surface area contributed by atoms with Crippen LogP contribution in [0.3, 0.4) is 0 Å². The summed E-state index contributed by atoms with van der Waals surface area (Å²) in [6.45, 7) is 0.233. The molecule has 1 atom stereocenters. The number of para-hydroxylation sites is 1. The third-order valence-corrected chi connectivity index (χ3v) is 6.85. The summed E-state index contributed by atoms with van der Waals surface area (Å²) in [6.07, 6.45) is 2.41. The lowest BCUT2D eigenvalue weighted by Gasteiger charge is -2.07. The van der Waals surface area contributed by atoms with Crippen LogP contribution in [-0.2, 0) is 6.54 Å². The van der Waals surface area contributed by atoms with Crippen LogP contribution in [0.5, 0.6) is 0 Å². The van der Waals surface area contributed by atoms with Crippen molar-refractivity contribution in [3.63, 3.8) is 0 Å². The number of aliphatic hydroxyl groups is 2. The molecular weight excluding hydrogens is 448 g/mol. The number of aromatic nitrogens is 5. The zero-order valence-electron chi connectivity index (χ0n) is 18.0. The van der Waals surface area contributed by atoms with Crippen LogP contribution in [0.4, 0.5) is 11.6 Å². The number of nitrogens with zero attached hydrogens (tertiary/aromatic N) is 5. The summed E-state index contributed by atoms with van der Waals surface area (Å²) < 4.78 is 2.90. The predicted molar refractivity (Wildman–Crippen MR) is 133 cm³/mol. The fraction of sp³-hybridized carbons (Fsp3) is 0.120. The Kier molecular flexibility index (Phi) is 5.14. The molecule has 6 rings (SSSR count). The fourth-order valence-electron chi connectivity index (χ4n) is 4.13. The van der Waals surface area contributed by atoms with Gasteiger partial charge < -0.3 is 15.5 Å². The third-order valence-electron chi connectivity index (χ3n) is 5.78. The number of pyridine rings is 1. The third kappa shape index (κ3) is 3.56. The second-order valence-corrected chi connectivity index (χ2v) is 8.96. The summed E-state index contributed by atoms with van der Waals surface area (Å²) in [7, 11) is 0. The van der Waals surface area contributed by atoms with Gasteiger partial charge in [0.15, 0.2) is 5.82 Å². The van der Waals surface area contributed by atoms with E-state index < -0.39 is 6.10 Å². The SMILES string of the molecule is OCC(O)c1ccc2c(c1)sc1ncnc(Nc3nn(Cc4ccccn4)c4ccccc34)c12. The Morgan fingerprint density at radius 3 is 2.68 bits per heavy atom. The van der Waals surface area contributed by atoms with Crippen LogP contribution < -0.4 is 5.32 Å². The van der Waals surface area contributed by atoms with E-state index in [9.17, 15) is 10.2 Å². The number of benzene rings is 2. The molecule has 6 aromatic rings. The fourth-order valence-corrected chi connectivity index (χ4v) is 5.22. The maximum absolute atomic E-state index is 10.0. The predicted octanol–water partition coefficient (Wildman–Crippen LogP) is 4.41. The van der Waals surface area contributed by atoms with E-state index in [-0.39, 0.29) is 6.61 Å². The van der Waals surface area contributed by atoms with Crippen molar-refractivity contribution in [2.75, 3.05) is 11.9 Å². The Morgan fingerprint density at radius 2 is 1.82 bits per heavy atom. The number of thiophene rings is 1. The molecule has 0 saturated carbocycles. The molecule has 0 amide bonds. The summed E-state index contributed by atoms with van der Waals surface area (Å²) >= 11 is 1.52. The molecule has 0 spiro atoms. The highest BCUT2D eigenvalue weighted by atomic mass is 32.1. The molecule has 34 heavy (non-hydrogen) atoms. The lowest BCUT2D eigenvalue weighted by atomic mass is 10.1. The van der Waals surface area contributed by atoms with Gasteiger partial charge in [-0.05, 0) is 35.9 Å². The molecule has 0 aliphatic rings. The molecule has 0 radical (unpaired) electrons. The Hall–Kier alpha value is -3.92. The number of rotatable bonds is 6. The highest BCUT2D eigenvalue weighted by Crippen LogP contribution is 2.38. The molecule has 1 unspecified atom stereocenters. The van der Waals surface area contributed by atoms with E-state index in [0.717, 1.165) is 36.9 Å². The molecule has 8 nitrogen and oxygen atoms in total. The Morgan fingerprint density at radius 1 is 0.941 bits per heavy atom. The van der Waals surface area contributed by atoms with Crippen molar-refractivity contribution in [3.05, 3.63) is 84.4 Å². The van der Waals surface area contributed by atoms with Gasteiger partial charge in [-0.25, -0.2) is 9.97 Å². The van der Waals surface area contributed by atoms with Crippen molar-refractivity contribution in [3.8, 4) is 0 Å². The van der Waals surface area contributed by atoms with Crippen LogP contribution in [0.25, 0.3) is 31.2 Å². The highest BCUT2D eigenvalue weighted by Gasteiger charge is 2.17. The number of anilines is 2. The Labute approximate surface area is 198 Å². The van der Waals surface area contributed by atoms with Gasteiger partial charge >= 0.3 is 0 Å². The topological polar surface area (TPSA) is 109 Å². The molecule has 0 bridgehead atoms. The van der Waals surface area contributed by atoms with Crippen LogP contribution in [0.2, 0.25) is 0 Å². The summed E-state index contributed by atoms with van der Waals surface area (Å²) in [4.78, 5) is 14.3. The van der Waals surface area contributed by atoms with Gasteiger partial charge in [-0.15, -0.1) is 11.3 Å². The van der Waals surface area contributed by atoms with E-state index in [4.69, 9.17) is 5.10 Å². The molecule has 0 fully saturated rings. The quantitative estimate of drug-likeness (QED) is 0.332. The van der Waals surface area contributed by atoms with Crippen LogP contribution in [0, 0.1) is 0 Å². The highest BCUT2D eigenvalue weighted by molar-refractivity contribution is 7.25. The number of hydrogen-bond acceptors (Lipinski definition) is 8. The van der Waals surface area contributed by atoms with Gasteiger partial charge in [-0.2, -0.15) is 5.10 Å². The molecule has 4 heterocycles. The number of hydrogen-bond donors (Lipinski definition) is 3. The van der Waals surface area contributed by atoms with Gasteiger partial charge in [0, 0.05) is 21.7 Å². The monoisotopic (exact) mass is 468 g/mol. The minimum absolute atomic E-state index is 0.322. The number of aliphatic hydroxyl groups excluding tert-OH is 2. The maximum Gasteiger partial charge on any atom is 0.161 e. The smallest absolute Gasteiger partial charge is 0.161 e. The van der Waals surface area contributed by atoms with E-state index >= 15 is 0 Å². The van der Waals surface area contributed by atoms with Gasteiger partial charge in [-0.3, -0.25) is 9.67 Å². The number of nitrogens with one attached hydrogen (secondary N) is 1. The van der Waals surface area contributed by atoms with Gasteiger partial charge in [0.25, 0.3) is 0 Å². The second kappa shape index (κ2) is 8.45. The van der Waals surface area contributed by atoms with Gasteiger partial charge in [0.1, 0.15) is 23.1 Å². The van der Waals surface area contributed by atoms with Crippen molar-refractivity contribution in [2.24, 2.45) is 0 Å². The normalized spacial score (nSPS) is 12.5.